The van der Waals surface area contributed by atoms with Crippen LogP contribution in [0.3, 0.4) is 0 Å². The smallest absolute Gasteiger partial charge is 0.0889 e. The van der Waals surface area contributed by atoms with E-state index in [1.165, 1.54) is 36.0 Å². The number of aromatic nitrogens is 2. The summed E-state index contributed by atoms with van der Waals surface area (Å²) < 4.78 is 2.82. The fourth-order valence-electron chi connectivity index (χ4n) is 2.85. The molecule has 0 radical (unpaired) electrons. The highest BCUT2D eigenvalue weighted by Gasteiger charge is 2.21. The van der Waals surface area contributed by atoms with Crippen LogP contribution in [0, 0.1) is 0 Å². The van der Waals surface area contributed by atoms with Gasteiger partial charge in [0.2, 0.25) is 0 Å². The van der Waals surface area contributed by atoms with Crippen LogP contribution in [0.5, 0.6) is 0 Å². The fourth-order valence-corrected chi connectivity index (χ4v) is 3.43. The van der Waals surface area contributed by atoms with Crippen molar-refractivity contribution in [2.45, 2.75) is 25.3 Å². The molecule has 0 bridgehead atoms. The summed E-state index contributed by atoms with van der Waals surface area (Å²) in [7, 11) is 1.93. The Balaban J connectivity index is 2.03. The molecule has 4 nitrogen and oxygen atoms in total. The molecule has 1 aliphatic rings. The molecule has 0 fully saturated rings. The molecule has 0 amide bonds. The zero-order valence-electron chi connectivity index (χ0n) is 10.9. The first-order valence-electron chi connectivity index (χ1n) is 6.46. The lowest BCUT2D eigenvalue weighted by Gasteiger charge is -2.18. The zero-order valence-corrected chi connectivity index (χ0v) is 12.4. The van der Waals surface area contributed by atoms with Gasteiger partial charge in [-0.1, -0.05) is 18.2 Å². The van der Waals surface area contributed by atoms with E-state index in [9.17, 15) is 0 Å². The standard InChI is InChI=1S/C14H17BrN4/c1-19-14(12(15)8-17-19)13(18-16)11-6-5-9-3-2-4-10(9)7-11/h5-8,13,18H,2-4,16H2,1H3. The van der Waals surface area contributed by atoms with E-state index in [1.807, 2.05) is 11.7 Å². The van der Waals surface area contributed by atoms with Gasteiger partial charge in [0.05, 0.1) is 22.4 Å². The number of halogens is 1. The Morgan fingerprint density at radius 3 is 2.84 bits per heavy atom. The van der Waals surface area contributed by atoms with Crippen LogP contribution >= 0.6 is 15.9 Å². The van der Waals surface area contributed by atoms with Gasteiger partial charge in [0.25, 0.3) is 0 Å². The Labute approximate surface area is 121 Å². The van der Waals surface area contributed by atoms with Crippen LogP contribution in [0.1, 0.15) is 34.8 Å². The highest BCUT2D eigenvalue weighted by atomic mass is 79.9. The summed E-state index contributed by atoms with van der Waals surface area (Å²) in [5, 5.41) is 4.26. The Morgan fingerprint density at radius 2 is 2.16 bits per heavy atom. The van der Waals surface area contributed by atoms with Gasteiger partial charge >= 0.3 is 0 Å². The number of hydrogen-bond donors (Lipinski definition) is 2. The van der Waals surface area contributed by atoms with Crippen molar-refractivity contribution >= 4 is 15.9 Å². The number of fused-ring (bicyclic) bond motifs is 1. The van der Waals surface area contributed by atoms with E-state index >= 15 is 0 Å². The second kappa shape index (κ2) is 5.07. The first kappa shape index (κ1) is 12.8. The molecule has 3 N–H and O–H groups in total. The van der Waals surface area contributed by atoms with Crippen molar-refractivity contribution in [2.24, 2.45) is 12.9 Å². The topological polar surface area (TPSA) is 55.9 Å². The number of aryl methyl sites for hydroxylation is 3. The van der Waals surface area contributed by atoms with Crippen LogP contribution in [0.4, 0.5) is 0 Å². The van der Waals surface area contributed by atoms with Gasteiger partial charge in [-0.25, -0.2) is 5.43 Å². The minimum Gasteiger partial charge on any atom is -0.271 e. The lowest BCUT2D eigenvalue weighted by Crippen LogP contribution is -2.30. The molecule has 1 unspecified atom stereocenters. The molecule has 1 atom stereocenters. The SMILES string of the molecule is Cn1ncc(Br)c1C(NN)c1ccc2c(c1)CCC2. The van der Waals surface area contributed by atoms with Gasteiger partial charge < -0.3 is 0 Å². The van der Waals surface area contributed by atoms with Crippen LogP contribution in [-0.4, -0.2) is 9.78 Å². The van der Waals surface area contributed by atoms with Crippen molar-refractivity contribution in [3.05, 3.63) is 51.3 Å². The van der Waals surface area contributed by atoms with E-state index in [4.69, 9.17) is 5.84 Å². The normalized spacial score (nSPS) is 15.5. The molecule has 1 aliphatic carbocycles. The summed E-state index contributed by atoms with van der Waals surface area (Å²) in [6.07, 6.45) is 5.43. The Bertz CT molecular complexity index is 586. The molecular weight excluding hydrogens is 304 g/mol. The summed E-state index contributed by atoms with van der Waals surface area (Å²) in [5.41, 5.74) is 8.06. The average molecular weight is 321 g/mol. The van der Waals surface area contributed by atoms with Gasteiger partial charge in [0.15, 0.2) is 0 Å². The lowest BCUT2D eigenvalue weighted by atomic mass is 9.99. The van der Waals surface area contributed by atoms with Crippen LogP contribution in [0.25, 0.3) is 0 Å². The highest BCUT2D eigenvalue weighted by molar-refractivity contribution is 9.10. The number of rotatable bonds is 3. The molecule has 0 saturated heterocycles. The molecule has 0 spiro atoms. The van der Waals surface area contributed by atoms with Crippen molar-refractivity contribution < 1.29 is 0 Å². The van der Waals surface area contributed by atoms with Gasteiger partial charge in [0, 0.05) is 7.05 Å². The van der Waals surface area contributed by atoms with Crippen molar-refractivity contribution in [1.82, 2.24) is 15.2 Å². The fraction of sp³-hybridized carbons (Fsp3) is 0.357. The highest BCUT2D eigenvalue weighted by Crippen LogP contribution is 2.31. The van der Waals surface area contributed by atoms with Crippen molar-refractivity contribution in [3.63, 3.8) is 0 Å². The van der Waals surface area contributed by atoms with Gasteiger partial charge in [-0.15, -0.1) is 0 Å². The lowest BCUT2D eigenvalue weighted by molar-refractivity contribution is 0.572. The number of nitrogens with two attached hydrogens (primary N) is 1. The Hall–Kier alpha value is -1.17. The third kappa shape index (κ3) is 2.22. The van der Waals surface area contributed by atoms with E-state index in [0.29, 0.717) is 0 Å². The third-order valence-corrected chi connectivity index (χ3v) is 4.44. The second-order valence-electron chi connectivity index (χ2n) is 4.98. The van der Waals surface area contributed by atoms with Crippen molar-refractivity contribution in [2.75, 3.05) is 0 Å². The Morgan fingerprint density at radius 1 is 1.37 bits per heavy atom. The maximum absolute atomic E-state index is 5.77. The van der Waals surface area contributed by atoms with Crippen molar-refractivity contribution in [3.8, 4) is 0 Å². The molecule has 1 aromatic carbocycles. The van der Waals surface area contributed by atoms with Crippen LogP contribution in [-0.2, 0) is 19.9 Å². The summed E-state index contributed by atoms with van der Waals surface area (Å²) in [6.45, 7) is 0. The number of hydrogen-bond acceptors (Lipinski definition) is 3. The van der Waals surface area contributed by atoms with Crippen LogP contribution in [0.2, 0.25) is 0 Å². The minimum absolute atomic E-state index is 0.0484. The predicted molar refractivity (Wildman–Crippen MR) is 78.5 cm³/mol. The third-order valence-electron chi connectivity index (χ3n) is 3.83. The summed E-state index contributed by atoms with van der Waals surface area (Å²) in [5.74, 6) is 5.77. The summed E-state index contributed by atoms with van der Waals surface area (Å²) in [4.78, 5) is 0. The predicted octanol–water partition coefficient (Wildman–Crippen LogP) is 2.22. The number of nitrogens with zero attached hydrogens (tertiary/aromatic N) is 2. The molecular formula is C14H17BrN4. The maximum Gasteiger partial charge on any atom is 0.0889 e. The molecule has 0 aliphatic heterocycles. The largest absolute Gasteiger partial charge is 0.271 e. The number of nitrogens with one attached hydrogen (secondary N) is 1. The summed E-state index contributed by atoms with van der Waals surface area (Å²) >= 11 is 3.54. The molecule has 2 aromatic rings. The van der Waals surface area contributed by atoms with E-state index in [2.05, 4.69) is 44.7 Å². The van der Waals surface area contributed by atoms with E-state index in [-0.39, 0.29) is 6.04 Å². The number of benzene rings is 1. The van der Waals surface area contributed by atoms with E-state index in [1.54, 1.807) is 6.20 Å². The van der Waals surface area contributed by atoms with E-state index in [0.717, 1.165) is 10.2 Å². The second-order valence-corrected chi connectivity index (χ2v) is 5.84. The first-order valence-corrected chi connectivity index (χ1v) is 7.25. The average Bonchev–Trinajstić information content (AvgIpc) is 3.00. The van der Waals surface area contributed by atoms with Gasteiger partial charge in [-0.2, -0.15) is 5.10 Å². The van der Waals surface area contributed by atoms with Gasteiger partial charge in [0.1, 0.15) is 0 Å². The molecule has 5 heteroatoms. The quantitative estimate of drug-likeness (QED) is 0.673. The van der Waals surface area contributed by atoms with Gasteiger partial charge in [-0.05, 0) is 51.9 Å². The van der Waals surface area contributed by atoms with Crippen LogP contribution < -0.4 is 11.3 Å². The molecule has 1 heterocycles. The monoisotopic (exact) mass is 320 g/mol. The Kier molecular flexibility index (Phi) is 3.43. The van der Waals surface area contributed by atoms with Gasteiger partial charge in [-0.3, -0.25) is 10.5 Å². The molecule has 100 valence electrons. The van der Waals surface area contributed by atoms with E-state index < -0.39 is 0 Å². The molecule has 0 saturated carbocycles. The molecule has 1 aromatic heterocycles. The summed E-state index contributed by atoms with van der Waals surface area (Å²) in [6, 6.07) is 6.61. The van der Waals surface area contributed by atoms with Crippen LogP contribution in [0.15, 0.2) is 28.9 Å². The first-order chi connectivity index (χ1) is 9.20. The molecule has 19 heavy (non-hydrogen) atoms. The molecule has 3 rings (SSSR count). The number of hydrazine groups is 1. The maximum atomic E-state index is 5.77. The van der Waals surface area contributed by atoms with Crippen molar-refractivity contribution in [1.29, 1.82) is 0 Å². The zero-order chi connectivity index (χ0) is 13.4. The minimum atomic E-state index is -0.0484.